The SMILES string of the molecule is Nc1cc2c(cc1OCCCc1ccncc1)NC(=O)C2. The molecule has 3 rings (SSSR count). The van der Waals surface area contributed by atoms with Gasteiger partial charge in [-0.1, -0.05) is 0 Å². The summed E-state index contributed by atoms with van der Waals surface area (Å²) in [6, 6.07) is 7.62. The van der Waals surface area contributed by atoms with Gasteiger partial charge in [-0.25, -0.2) is 0 Å². The van der Waals surface area contributed by atoms with Crippen molar-refractivity contribution in [2.24, 2.45) is 0 Å². The summed E-state index contributed by atoms with van der Waals surface area (Å²) >= 11 is 0. The third kappa shape index (κ3) is 3.13. The van der Waals surface area contributed by atoms with Gasteiger partial charge in [0.25, 0.3) is 0 Å². The molecule has 0 saturated carbocycles. The lowest BCUT2D eigenvalue weighted by atomic mass is 10.1. The molecule has 3 N–H and O–H groups in total. The number of hydrogen-bond acceptors (Lipinski definition) is 4. The summed E-state index contributed by atoms with van der Waals surface area (Å²) in [5, 5.41) is 2.80. The highest BCUT2D eigenvalue weighted by Crippen LogP contribution is 2.33. The van der Waals surface area contributed by atoms with Gasteiger partial charge >= 0.3 is 0 Å². The van der Waals surface area contributed by atoms with E-state index in [9.17, 15) is 4.79 Å². The van der Waals surface area contributed by atoms with Crippen LogP contribution < -0.4 is 15.8 Å². The second kappa shape index (κ2) is 5.83. The van der Waals surface area contributed by atoms with Gasteiger partial charge in [0.05, 0.1) is 18.7 Å². The molecule has 0 radical (unpaired) electrons. The maximum Gasteiger partial charge on any atom is 0.228 e. The van der Waals surface area contributed by atoms with Gasteiger partial charge in [-0.3, -0.25) is 9.78 Å². The first kappa shape index (κ1) is 13.4. The quantitative estimate of drug-likeness (QED) is 0.651. The Morgan fingerprint density at radius 3 is 2.90 bits per heavy atom. The van der Waals surface area contributed by atoms with Crippen molar-refractivity contribution in [1.82, 2.24) is 4.98 Å². The van der Waals surface area contributed by atoms with Gasteiger partial charge in [0, 0.05) is 24.1 Å². The molecule has 2 aromatic rings. The summed E-state index contributed by atoms with van der Waals surface area (Å²) in [6.07, 6.45) is 5.80. The molecule has 1 aromatic heterocycles. The van der Waals surface area contributed by atoms with E-state index < -0.39 is 0 Å². The van der Waals surface area contributed by atoms with Gasteiger partial charge in [-0.2, -0.15) is 0 Å². The van der Waals surface area contributed by atoms with E-state index in [2.05, 4.69) is 10.3 Å². The topological polar surface area (TPSA) is 77.2 Å². The number of nitrogens with zero attached hydrogens (tertiary/aromatic N) is 1. The summed E-state index contributed by atoms with van der Waals surface area (Å²) in [4.78, 5) is 15.3. The Balaban J connectivity index is 1.56. The first-order chi connectivity index (χ1) is 10.2. The number of amides is 1. The van der Waals surface area contributed by atoms with Crippen LogP contribution in [0.5, 0.6) is 5.75 Å². The molecule has 1 aliphatic heterocycles. The van der Waals surface area contributed by atoms with Crippen molar-refractivity contribution in [3.05, 3.63) is 47.8 Å². The van der Waals surface area contributed by atoms with Crippen molar-refractivity contribution in [3.8, 4) is 5.75 Å². The Morgan fingerprint density at radius 2 is 2.10 bits per heavy atom. The Hall–Kier alpha value is -2.56. The predicted molar refractivity (Wildman–Crippen MR) is 81.2 cm³/mol. The molecule has 0 aliphatic carbocycles. The third-order valence-electron chi connectivity index (χ3n) is 3.48. The van der Waals surface area contributed by atoms with Crippen LogP contribution in [0.1, 0.15) is 17.5 Å². The average molecular weight is 283 g/mol. The van der Waals surface area contributed by atoms with Crippen LogP contribution in [0.2, 0.25) is 0 Å². The molecule has 0 saturated heterocycles. The van der Waals surface area contributed by atoms with E-state index in [-0.39, 0.29) is 5.91 Å². The molecule has 5 nitrogen and oxygen atoms in total. The Morgan fingerprint density at radius 1 is 1.29 bits per heavy atom. The molecule has 0 bridgehead atoms. The van der Waals surface area contributed by atoms with Crippen molar-refractivity contribution in [3.63, 3.8) is 0 Å². The highest BCUT2D eigenvalue weighted by molar-refractivity contribution is 6.00. The number of nitrogens with two attached hydrogens (primary N) is 1. The molecule has 21 heavy (non-hydrogen) atoms. The number of fused-ring (bicyclic) bond motifs is 1. The lowest BCUT2D eigenvalue weighted by Crippen LogP contribution is -2.04. The van der Waals surface area contributed by atoms with E-state index in [1.165, 1.54) is 5.56 Å². The van der Waals surface area contributed by atoms with E-state index in [1.807, 2.05) is 24.3 Å². The summed E-state index contributed by atoms with van der Waals surface area (Å²) in [5.41, 5.74) is 9.51. The number of benzene rings is 1. The zero-order valence-electron chi connectivity index (χ0n) is 11.6. The van der Waals surface area contributed by atoms with E-state index in [0.717, 1.165) is 24.1 Å². The van der Waals surface area contributed by atoms with Crippen molar-refractivity contribution in [1.29, 1.82) is 0 Å². The van der Waals surface area contributed by atoms with Gasteiger partial charge in [-0.05, 0) is 42.2 Å². The smallest absolute Gasteiger partial charge is 0.228 e. The number of ether oxygens (including phenoxy) is 1. The van der Waals surface area contributed by atoms with E-state index in [4.69, 9.17) is 10.5 Å². The lowest BCUT2D eigenvalue weighted by molar-refractivity contribution is -0.115. The summed E-state index contributed by atoms with van der Waals surface area (Å²) in [5.74, 6) is 0.630. The Labute approximate surface area is 123 Å². The van der Waals surface area contributed by atoms with Gasteiger partial charge in [0.1, 0.15) is 5.75 Å². The third-order valence-corrected chi connectivity index (χ3v) is 3.48. The van der Waals surface area contributed by atoms with Crippen LogP contribution in [0.4, 0.5) is 11.4 Å². The average Bonchev–Trinajstić information content (AvgIpc) is 2.83. The maximum atomic E-state index is 11.3. The first-order valence-electron chi connectivity index (χ1n) is 6.96. The number of hydrogen-bond donors (Lipinski definition) is 2. The van der Waals surface area contributed by atoms with Crippen molar-refractivity contribution < 1.29 is 9.53 Å². The zero-order chi connectivity index (χ0) is 14.7. The second-order valence-corrected chi connectivity index (χ2v) is 5.08. The van der Waals surface area contributed by atoms with Crippen LogP contribution >= 0.6 is 0 Å². The van der Waals surface area contributed by atoms with Gasteiger partial charge in [0.15, 0.2) is 0 Å². The molecule has 1 amide bonds. The molecule has 1 aliphatic rings. The number of carbonyl (C=O) groups is 1. The fourth-order valence-corrected chi connectivity index (χ4v) is 2.41. The Bertz CT molecular complexity index is 656. The van der Waals surface area contributed by atoms with Crippen LogP contribution in [0.3, 0.4) is 0 Å². The largest absolute Gasteiger partial charge is 0.491 e. The number of aromatic nitrogens is 1. The van der Waals surface area contributed by atoms with Gasteiger partial charge < -0.3 is 15.8 Å². The number of aryl methyl sites for hydroxylation is 1. The molecular weight excluding hydrogens is 266 g/mol. The standard InChI is InChI=1S/C16H17N3O2/c17-13-8-12-9-16(20)19-14(12)10-15(13)21-7-1-2-11-3-5-18-6-4-11/h3-6,8,10H,1-2,7,9,17H2,(H,19,20). The Kier molecular flexibility index (Phi) is 3.73. The van der Waals surface area contributed by atoms with Crippen LogP contribution in [0.15, 0.2) is 36.7 Å². The van der Waals surface area contributed by atoms with Crippen LogP contribution in [-0.2, 0) is 17.6 Å². The minimum Gasteiger partial charge on any atom is -0.491 e. The molecule has 5 heteroatoms. The number of pyridine rings is 1. The first-order valence-corrected chi connectivity index (χ1v) is 6.96. The van der Waals surface area contributed by atoms with E-state index >= 15 is 0 Å². The predicted octanol–water partition coefficient (Wildman–Crippen LogP) is 2.17. The molecule has 0 spiro atoms. The summed E-state index contributed by atoms with van der Waals surface area (Å²) in [7, 11) is 0. The van der Waals surface area contributed by atoms with E-state index in [1.54, 1.807) is 12.4 Å². The number of rotatable bonds is 5. The minimum atomic E-state index is -0.000706. The second-order valence-electron chi connectivity index (χ2n) is 5.08. The molecule has 0 unspecified atom stereocenters. The lowest BCUT2D eigenvalue weighted by Gasteiger charge is -2.11. The van der Waals surface area contributed by atoms with Gasteiger partial charge in [0.2, 0.25) is 5.91 Å². The molecule has 108 valence electrons. The zero-order valence-corrected chi connectivity index (χ0v) is 11.6. The fourth-order valence-electron chi connectivity index (χ4n) is 2.41. The minimum absolute atomic E-state index is 0.000706. The van der Waals surface area contributed by atoms with Gasteiger partial charge in [-0.15, -0.1) is 0 Å². The summed E-state index contributed by atoms with van der Waals surface area (Å²) < 4.78 is 5.73. The summed E-state index contributed by atoms with van der Waals surface area (Å²) in [6.45, 7) is 0.583. The number of nitrogen functional groups attached to an aromatic ring is 1. The van der Waals surface area contributed by atoms with Crippen LogP contribution in [0, 0.1) is 0 Å². The van der Waals surface area contributed by atoms with E-state index in [0.29, 0.717) is 24.5 Å². The highest BCUT2D eigenvalue weighted by Gasteiger charge is 2.19. The van der Waals surface area contributed by atoms with Crippen molar-refractivity contribution in [2.45, 2.75) is 19.3 Å². The molecule has 1 aromatic carbocycles. The van der Waals surface area contributed by atoms with Crippen molar-refractivity contribution in [2.75, 3.05) is 17.7 Å². The van der Waals surface area contributed by atoms with Crippen LogP contribution in [-0.4, -0.2) is 17.5 Å². The fraction of sp³-hybridized carbons (Fsp3) is 0.250. The molecular formula is C16H17N3O2. The monoisotopic (exact) mass is 283 g/mol. The molecule has 0 atom stereocenters. The van der Waals surface area contributed by atoms with Crippen molar-refractivity contribution >= 4 is 17.3 Å². The maximum absolute atomic E-state index is 11.3. The molecule has 2 heterocycles. The number of anilines is 2. The van der Waals surface area contributed by atoms with Crippen LogP contribution in [0.25, 0.3) is 0 Å². The normalized spacial score (nSPS) is 12.9. The molecule has 0 fully saturated rings. The number of carbonyl (C=O) groups excluding carboxylic acids is 1. The number of nitrogens with one attached hydrogen (secondary N) is 1. The highest BCUT2D eigenvalue weighted by atomic mass is 16.5.